The lowest BCUT2D eigenvalue weighted by molar-refractivity contribution is 0.335. The first kappa shape index (κ1) is 20.5. The minimum Gasteiger partial charge on any atom is -0.504 e. The van der Waals surface area contributed by atoms with Crippen molar-refractivity contribution in [1.82, 2.24) is 0 Å². The van der Waals surface area contributed by atoms with E-state index in [0.29, 0.717) is 11.3 Å². The summed E-state index contributed by atoms with van der Waals surface area (Å²) in [7, 11) is -2.22. The molecule has 0 saturated heterocycles. The predicted molar refractivity (Wildman–Crippen MR) is 107 cm³/mol. The highest BCUT2D eigenvalue weighted by Gasteiger charge is 2.18. The van der Waals surface area contributed by atoms with Crippen LogP contribution < -0.4 is 15.5 Å². The number of benzene rings is 2. The average Bonchev–Trinajstić information content (AvgIpc) is 2.64. The fourth-order valence-electron chi connectivity index (χ4n) is 2.76. The van der Waals surface area contributed by atoms with E-state index < -0.39 is 21.3 Å². The molecule has 0 amide bonds. The van der Waals surface area contributed by atoms with Gasteiger partial charge in [0, 0.05) is 29.9 Å². The van der Waals surface area contributed by atoms with Gasteiger partial charge in [0.25, 0.3) is 10.1 Å². The smallest absolute Gasteiger partial charge is 0.264 e. The van der Waals surface area contributed by atoms with E-state index in [9.17, 15) is 23.4 Å². The highest BCUT2D eigenvalue weighted by molar-refractivity contribution is 7.85. The fourth-order valence-corrected chi connectivity index (χ4v) is 3.14. The molecule has 154 valence electrons. The molecule has 0 bridgehead atoms. The molecule has 2 aromatic carbocycles. The molecule has 3 rings (SSSR count). The van der Waals surface area contributed by atoms with E-state index in [0.717, 1.165) is 6.26 Å². The number of phenols is 2. The van der Waals surface area contributed by atoms with Crippen LogP contribution in [0.25, 0.3) is 22.3 Å². The Balaban J connectivity index is 1.84. The molecule has 10 heteroatoms. The van der Waals surface area contributed by atoms with Gasteiger partial charge in [0.1, 0.15) is 16.7 Å². The second-order valence-electron chi connectivity index (χ2n) is 6.16. The standard InChI is InChI=1S/C19H19NO8S/c1-26-19-14(22)10-16-17(18(19)23)13(21)9-15(28-16)11-3-5-12(6-4-11)20-7-8-27-29(2,24)25/h3-6,9-10,20,22-23H,7-8H2,1-2H3. The summed E-state index contributed by atoms with van der Waals surface area (Å²) in [6, 6.07) is 9.30. The third kappa shape index (κ3) is 4.61. The molecule has 3 N–H and O–H groups in total. The van der Waals surface area contributed by atoms with E-state index in [2.05, 4.69) is 9.50 Å². The van der Waals surface area contributed by atoms with Crippen molar-refractivity contribution < 1.29 is 32.0 Å². The zero-order valence-electron chi connectivity index (χ0n) is 15.6. The van der Waals surface area contributed by atoms with Crippen molar-refractivity contribution in [1.29, 1.82) is 0 Å². The number of hydrogen-bond acceptors (Lipinski definition) is 9. The quantitative estimate of drug-likeness (QED) is 0.388. The molecule has 0 aliphatic rings. The molecule has 29 heavy (non-hydrogen) atoms. The lowest BCUT2D eigenvalue weighted by Crippen LogP contribution is -2.12. The van der Waals surface area contributed by atoms with Crippen LogP contribution in [0.3, 0.4) is 0 Å². The first-order valence-electron chi connectivity index (χ1n) is 8.45. The van der Waals surface area contributed by atoms with Crippen molar-refractivity contribution in [3.63, 3.8) is 0 Å². The van der Waals surface area contributed by atoms with Gasteiger partial charge in [-0.15, -0.1) is 0 Å². The summed E-state index contributed by atoms with van der Waals surface area (Å²) in [4.78, 5) is 12.5. The van der Waals surface area contributed by atoms with Gasteiger partial charge >= 0.3 is 0 Å². The van der Waals surface area contributed by atoms with E-state index in [4.69, 9.17) is 9.15 Å². The van der Waals surface area contributed by atoms with Crippen LogP contribution in [0.15, 0.2) is 45.6 Å². The molecule has 0 fully saturated rings. The summed E-state index contributed by atoms with van der Waals surface area (Å²) < 4.78 is 37.1. The Hall–Kier alpha value is -3.24. The maximum Gasteiger partial charge on any atom is 0.264 e. The molecule has 0 aliphatic heterocycles. The van der Waals surface area contributed by atoms with Gasteiger partial charge in [-0.05, 0) is 24.3 Å². The molecule has 0 radical (unpaired) electrons. The summed E-state index contributed by atoms with van der Waals surface area (Å²) in [6.07, 6.45) is 0.981. The Kier molecular flexibility index (Phi) is 5.66. The molecule has 0 saturated carbocycles. The van der Waals surface area contributed by atoms with Gasteiger partial charge in [0.05, 0.1) is 20.0 Å². The van der Waals surface area contributed by atoms with Crippen molar-refractivity contribution in [2.75, 3.05) is 31.8 Å². The zero-order chi connectivity index (χ0) is 21.2. The number of rotatable bonds is 7. The number of aromatic hydroxyl groups is 2. The molecular weight excluding hydrogens is 402 g/mol. The summed E-state index contributed by atoms with van der Waals surface area (Å²) >= 11 is 0. The lowest BCUT2D eigenvalue weighted by atomic mass is 10.1. The van der Waals surface area contributed by atoms with Crippen molar-refractivity contribution >= 4 is 26.8 Å². The van der Waals surface area contributed by atoms with Crippen molar-refractivity contribution in [2.45, 2.75) is 0 Å². The number of nitrogens with one attached hydrogen (secondary N) is 1. The van der Waals surface area contributed by atoms with Gasteiger partial charge < -0.3 is 24.7 Å². The lowest BCUT2D eigenvalue weighted by Gasteiger charge is -2.10. The maximum atomic E-state index is 12.5. The van der Waals surface area contributed by atoms with E-state index in [1.54, 1.807) is 24.3 Å². The average molecular weight is 421 g/mol. The summed E-state index contributed by atoms with van der Waals surface area (Å²) in [5, 5.41) is 23.0. The molecule has 1 heterocycles. The molecule has 0 atom stereocenters. The SMILES string of the molecule is COc1c(O)cc2oc(-c3ccc(NCCOS(C)(=O)=O)cc3)cc(=O)c2c1O. The van der Waals surface area contributed by atoms with Crippen LogP contribution >= 0.6 is 0 Å². The van der Waals surface area contributed by atoms with E-state index in [-0.39, 0.29) is 41.4 Å². The third-order valence-electron chi connectivity index (χ3n) is 4.03. The highest BCUT2D eigenvalue weighted by Crippen LogP contribution is 2.41. The third-order valence-corrected chi connectivity index (χ3v) is 4.62. The number of anilines is 1. The van der Waals surface area contributed by atoms with Gasteiger partial charge in [-0.2, -0.15) is 8.42 Å². The number of hydrogen-bond donors (Lipinski definition) is 3. The predicted octanol–water partition coefficient (Wildman–Crippen LogP) is 2.27. The van der Waals surface area contributed by atoms with Crippen LogP contribution in [-0.2, 0) is 14.3 Å². The highest BCUT2D eigenvalue weighted by atomic mass is 32.2. The normalized spacial score (nSPS) is 11.5. The van der Waals surface area contributed by atoms with Crippen LogP contribution in [0, 0.1) is 0 Å². The van der Waals surface area contributed by atoms with E-state index in [1.807, 2.05) is 0 Å². The zero-order valence-corrected chi connectivity index (χ0v) is 16.4. The number of phenolic OH excluding ortho intramolecular Hbond substituents is 2. The largest absolute Gasteiger partial charge is 0.504 e. The Morgan fingerprint density at radius 3 is 2.45 bits per heavy atom. The van der Waals surface area contributed by atoms with Crippen LogP contribution in [0.1, 0.15) is 0 Å². The second kappa shape index (κ2) is 8.02. The Labute approximate surface area is 166 Å². The van der Waals surface area contributed by atoms with Gasteiger partial charge in [-0.1, -0.05) is 0 Å². The van der Waals surface area contributed by atoms with Gasteiger partial charge in [-0.3, -0.25) is 8.98 Å². The van der Waals surface area contributed by atoms with E-state index in [1.165, 1.54) is 19.2 Å². The molecule has 0 aliphatic carbocycles. The molecule has 3 aromatic rings. The van der Waals surface area contributed by atoms with Crippen molar-refractivity contribution in [3.8, 4) is 28.6 Å². The number of methoxy groups -OCH3 is 1. The molecular formula is C19H19NO8S. The first-order chi connectivity index (χ1) is 13.7. The minimum absolute atomic E-state index is 0.00339. The number of fused-ring (bicyclic) bond motifs is 1. The van der Waals surface area contributed by atoms with Gasteiger partial charge in [-0.25, -0.2) is 0 Å². The monoisotopic (exact) mass is 421 g/mol. The molecule has 9 nitrogen and oxygen atoms in total. The van der Waals surface area contributed by atoms with Crippen molar-refractivity contribution in [3.05, 3.63) is 46.6 Å². The Morgan fingerprint density at radius 1 is 1.14 bits per heavy atom. The van der Waals surface area contributed by atoms with Crippen LogP contribution in [-0.4, -0.2) is 45.1 Å². The number of ether oxygens (including phenoxy) is 1. The molecule has 0 unspecified atom stereocenters. The first-order valence-corrected chi connectivity index (χ1v) is 10.3. The fraction of sp³-hybridized carbons (Fsp3) is 0.211. The Morgan fingerprint density at radius 2 is 1.83 bits per heavy atom. The van der Waals surface area contributed by atoms with Crippen LogP contribution in [0.2, 0.25) is 0 Å². The second-order valence-corrected chi connectivity index (χ2v) is 7.80. The topological polar surface area (TPSA) is 135 Å². The summed E-state index contributed by atoms with van der Waals surface area (Å²) in [6.45, 7) is 0.286. The van der Waals surface area contributed by atoms with Crippen molar-refractivity contribution in [2.24, 2.45) is 0 Å². The molecule has 0 spiro atoms. The van der Waals surface area contributed by atoms with Crippen LogP contribution in [0.5, 0.6) is 17.2 Å². The summed E-state index contributed by atoms with van der Waals surface area (Å²) in [5.74, 6) is -0.793. The van der Waals surface area contributed by atoms with Crippen LogP contribution in [0.4, 0.5) is 5.69 Å². The van der Waals surface area contributed by atoms with E-state index >= 15 is 0 Å². The summed E-state index contributed by atoms with van der Waals surface area (Å²) in [5.41, 5.74) is 0.839. The van der Waals surface area contributed by atoms with Gasteiger partial charge in [0.2, 0.25) is 5.75 Å². The Bertz CT molecular complexity index is 1200. The maximum absolute atomic E-state index is 12.5. The van der Waals surface area contributed by atoms with Gasteiger partial charge in [0.15, 0.2) is 16.9 Å². The molecule has 1 aromatic heterocycles. The minimum atomic E-state index is -3.48.